The first kappa shape index (κ1) is 10.8. The third-order valence-electron chi connectivity index (χ3n) is 2.76. The van der Waals surface area contributed by atoms with Crippen LogP contribution in [0.5, 0.6) is 0 Å². The molecule has 0 saturated heterocycles. The number of carbonyl (C=O) groups is 1. The highest BCUT2D eigenvalue weighted by Crippen LogP contribution is 2.27. The molecular weight excluding hydrogens is 202 g/mol. The number of carbonyl (C=O) groups excluding carboxylic acids is 1. The number of hydrogen-bond donors (Lipinski definition) is 0. The van der Waals surface area contributed by atoms with E-state index in [2.05, 4.69) is 10.1 Å². The summed E-state index contributed by atoms with van der Waals surface area (Å²) in [5, 5.41) is 5.79. The fourth-order valence-electron chi connectivity index (χ4n) is 2.02. The van der Waals surface area contributed by atoms with Gasteiger partial charge in [0.15, 0.2) is 0 Å². The highest BCUT2D eigenvalue weighted by Gasteiger charge is 2.36. The molecule has 1 unspecified atom stereocenters. The van der Waals surface area contributed by atoms with Crippen LogP contribution in [0, 0.1) is 11.8 Å². The minimum absolute atomic E-state index is 0.0544. The number of pyridine rings is 1. The van der Waals surface area contributed by atoms with Crippen LogP contribution in [0.15, 0.2) is 29.6 Å². The molecule has 1 aromatic rings. The molecule has 0 radical (unpaired) electrons. The second-order valence-electron chi connectivity index (χ2n) is 4.32. The summed E-state index contributed by atoms with van der Waals surface area (Å²) in [5.41, 5.74) is 1.67. The minimum atomic E-state index is -0.0897. The summed E-state index contributed by atoms with van der Waals surface area (Å²) in [6.45, 7) is 5.99. The number of aromatic nitrogens is 1. The molecule has 1 aliphatic heterocycles. The van der Waals surface area contributed by atoms with Crippen LogP contribution in [-0.4, -0.2) is 16.6 Å². The first-order valence-electron chi connectivity index (χ1n) is 5.40. The van der Waals surface area contributed by atoms with Crippen molar-refractivity contribution in [3.8, 4) is 0 Å². The maximum absolute atomic E-state index is 12.1. The third-order valence-corrected chi connectivity index (χ3v) is 2.76. The Morgan fingerprint density at radius 1 is 1.31 bits per heavy atom. The summed E-state index contributed by atoms with van der Waals surface area (Å²) < 4.78 is 0. The van der Waals surface area contributed by atoms with Gasteiger partial charge in [-0.3, -0.25) is 9.78 Å². The molecule has 2 rings (SSSR count). The Morgan fingerprint density at radius 3 is 2.44 bits per heavy atom. The van der Waals surface area contributed by atoms with Gasteiger partial charge in [-0.1, -0.05) is 13.8 Å². The molecule has 1 atom stereocenters. The molecule has 1 amide bonds. The lowest BCUT2D eigenvalue weighted by atomic mass is 9.92. The summed E-state index contributed by atoms with van der Waals surface area (Å²) in [6, 6.07) is 3.58. The Labute approximate surface area is 95.0 Å². The molecule has 0 aliphatic carbocycles. The van der Waals surface area contributed by atoms with E-state index in [1.165, 1.54) is 5.01 Å². The van der Waals surface area contributed by atoms with Crippen molar-refractivity contribution in [2.75, 3.05) is 5.01 Å². The van der Waals surface area contributed by atoms with Gasteiger partial charge in [0.25, 0.3) is 5.91 Å². The Bertz CT molecular complexity index is 425. The molecule has 0 aromatic carbocycles. The molecule has 0 fully saturated rings. The number of nitrogens with zero attached hydrogens (tertiary/aromatic N) is 3. The van der Waals surface area contributed by atoms with E-state index in [-0.39, 0.29) is 17.7 Å². The zero-order valence-electron chi connectivity index (χ0n) is 9.71. The van der Waals surface area contributed by atoms with Crippen molar-refractivity contribution in [3.63, 3.8) is 0 Å². The van der Waals surface area contributed by atoms with Gasteiger partial charge in [0, 0.05) is 18.1 Å². The largest absolute Gasteiger partial charge is 0.272 e. The lowest BCUT2D eigenvalue weighted by Gasteiger charge is -2.16. The standard InChI is InChI=1S/C12H15N3O/c1-8(2)11-9(3)14-15(12(11)16)10-4-6-13-7-5-10/h4-8,11H,1-3H3. The molecule has 0 bridgehead atoms. The molecule has 2 heterocycles. The first-order valence-corrected chi connectivity index (χ1v) is 5.40. The number of rotatable bonds is 2. The highest BCUT2D eigenvalue weighted by atomic mass is 16.2. The van der Waals surface area contributed by atoms with E-state index in [0.29, 0.717) is 0 Å². The zero-order valence-corrected chi connectivity index (χ0v) is 9.71. The topological polar surface area (TPSA) is 45.6 Å². The Hall–Kier alpha value is -1.71. The van der Waals surface area contributed by atoms with E-state index in [1.807, 2.05) is 20.8 Å². The summed E-state index contributed by atoms with van der Waals surface area (Å²) in [6.07, 6.45) is 3.33. The van der Waals surface area contributed by atoms with Gasteiger partial charge in [-0.15, -0.1) is 0 Å². The van der Waals surface area contributed by atoms with Gasteiger partial charge in [-0.05, 0) is 25.0 Å². The molecule has 16 heavy (non-hydrogen) atoms. The molecule has 1 aromatic heterocycles. The average molecular weight is 217 g/mol. The van der Waals surface area contributed by atoms with Crippen molar-refractivity contribution in [3.05, 3.63) is 24.5 Å². The SMILES string of the molecule is CC1=NN(c2ccncc2)C(=O)C1C(C)C. The lowest BCUT2D eigenvalue weighted by molar-refractivity contribution is -0.120. The smallest absolute Gasteiger partial charge is 0.256 e. The van der Waals surface area contributed by atoms with E-state index < -0.39 is 0 Å². The minimum Gasteiger partial charge on any atom is -0.272 e. The van der Waals surface area contributed by atoms with E-state index in [1.54, 1.807) is 24.5 Å². The van der Waals surface area contributed by atoms with Crippen LogP contribution in [0.2, 0.25) is 0 Å². The fourth-order valence-corrected chi connectivity index (χ4v) is 2.02. The summed E-state index contributed by atoms with van der Waals surface area (Å²) in [5.74, 6) is 0.245. The average Bonchev–Trinajstić information content (AvgIpc) is 2.55. The first-order chi connectivity index (χ1) is 7.61. The molecule has 4 nitrogen and oxygen atoms in total. The zero-order chi connectivity index (χ0) is 11.7. The van der Waals surface area contributed by atoms with Gasteiger partial charge < -0.3 is 0 Å². The van der Waals surface area contributed by atoms with Gasteiger partial charge in [-0.25, -0.2) is 5.01 Å². The van der Waals surface area contributed by atoms with Crippen LogP contribution in [0.4, 0.5) is 5.69 Å². The van der Waals surface area contributed by atoms with Gasteiger partial charge in [0.05, 0.1) is 11.6 Å². The summed E-state index contributed by atoms with van der Waals surface area (Å²) in [7, 11) is 0. The summed E-state index contributed by atoms with van der Waals surface area (Å²) in [4.78, 5) is 16.1. The molecule has 0 saturated carbocycles. The second-order valence-corrected chi connectivity index (χ2v) is 4.32. The predicted octanol–water partition coefficient (Wildman–Crippen LogP) is 2.08. The Morgan fingerprint density at radius 2 is 1.94 bits per heavy atom. The van der Waals surface area contributed by atoms with Crippen LogP contribution in [0.25, 0.3) is 0 Å². The van der Waals surface area contributed by atoms with E-state index in [0.717, 1.165) is 11.4 Å². The second kappa shape index (κ2) is 4.04. The van der Waals surface area contributed by atoms with Crippen LogP contribution in [-0.2, 0) is 4.79 Å². The van der Waals surface area contributed by atoms with Gasteiger partial charge in [0.2, 0.25) is 0 Å². The van der Waals surface area contributed by atoms with Crippen molar-refractivity contribution in [2.24, 2.45) is 16.9 Å². The molecule has 84 valence electrons. The highest BCUT2D eigenvalue weighted by molar-refractivity contribution is 6.14. The molecule has 1 aliphatic rings. The van der Waals surface area contributed by atoms with E-state index >= 15 is 0 Å². The van der Waals surface area contributed by atoms with Crippen molar-refractivity contribution in [1.82, 2.24) is 4.98 Å². The van der Waals surface area contributed by atoms with Gasteiger partial charge in [-0.2, -0.15) is 5.10 Å². The monoisotopic (exact) mass is 217 g/mol. The fraction of sp³-hybridized carbons (Fsp3) is 0.417. The maximum Gasteiger partial charge on any atom is 0.256 e. The van der Waals surface area contributed by atoms with Gasteiger partial charge in [0.1, 0.15) is 0 Å². The van der Waals surface area contributed by atoms with Crippen LogP contribution in [0.3, 0.4) is 0 Å². The number of amides is 1. The van der Waals surface area contributed by atoms with E-state index in [9.17, 15) is 4.79 Å². The quantitative estimate of drug-likeness (QED) is 0.761. The van der Waals surface area contributed by atoms with Gasteiger partial charge >= 0.3 is 0 Å². The van der Waals surface area contributed by atoms with E-state index in [4.69, 9.17) is 0 Å². The summed E-state index contributed by atoms with van der Waals surface area (Å²) >= 11 is 0. The number of hydrogen-bond acceptors (Lipinski definition) is 3. The normalized spacial score (nSPS) is 20.5. The Balaban J connectivity index is 2.31. The number of anilines is 1. The van der Waals surface area contributed by atoms with Crippen molar-refractivity contribution in [2.45, 2.75) is 20.8 Å². The molecule has 4 heteroatoms. The third kappa shape index (κ3) is 1.71. The van der Waals surface area contributed by atoms with Crippen LogP contribution in [0.1, 0.15) is 20.8 Å². The number of hydrazone groups is 1. The van der Waals surface area contributed by atoms with Crippen LogP contribution >= 0.6 is 0 Å². The predicted molar refractivity (Wildman–Crippen MR) is 63.2 cm³/mol. The lowest BCUT2D eigenvalue weighted by Crippen LogP contribution is -2.30. The Kier molecular flexibility index (Phi) is 2.73. The molecular formula is C12H15N3O. The molecule has 0 spiro atoms. The molecule has 0 N–H and O–H groups in total. The van der Waals surface area contributed by atoms with Crippen LogP contribution < -0.4 is 5.01 Å². The van der Waals surface area contributed by atoms with Crippen molar-refractivity contribution >= 4 is 17.3 Å². The van der Waals surface area contributed by atoms with Crippen molar-refractivity contribution in [1.29, 1.82) is 0 Å². The van der Waals surface area contributed by atoms with Crippen molar-refractivity contribution < 1.29 is 4.79 Å². The maximum atomic E-state index is 12.1.